The summed E-state index contributed by atoms with van der Waals surface area (Å²) in [6.45, 7) is 3.23. The number of anilines is 1. The van der Waals surface area contributed by atoms with Crippen LogP contribution in [0.25, 0.3) is 0 Å². The summed E-state index contributed by atoms with van der Waals surface area (Å²) in [5, 5.41) is 6.85. The lowest BCUT2D eigenvalue weighted by atomic mass is 10.1. The molecular weight excluding hydrogens is 392 g/mol. The Morgan fingerprint density at radius 3 is 2.56 bits per heavy atom. The quantitative estimate of drug-likeness (QED) is 0.752. The van der Waals surface area contributed by atoms with Gasteiger partial charge < -0.3 is 4.52 Å². The summed E-state index contributed by atoms with van der Waals surface area (Å²) in [6.07, 6.45) is 1.25. The van der Waals surface area contributed by atoms with Crippen LogP contribution in [0.4, 0.5) is 5.88 Å². The summed E-state index contributed by atoms with van der Waals surface area (Å²) in [6, 6.07) is 7.54. The third kappa shape index (κ3) is 5.52. The first-order chi connectivity index (χ1) is 12.8. The highest BCUT2D eigenvalue weighted by Gasteiger charge is 2.25. The molecule has 10 heteroatoms. The molecule has 1 fully saturated rings. The van der Waals surface area contributed by atoms with E-state index in [1.54, 1.807) is 25.1 Å². The van der Waals surface area contributed by atoms with Gasteiger partial charge in [-0.3, -0.25) is 15.0 Å². The van der Waals surface area contributed by atoms with E-state index in [1.807, 2.05) is 4.90 Å². The van der Waals surface area contributed by atoms with Gasteiger partial charge in [0, 0.05) is 30.2 Å². The number of likely N-dealkylation sites (tertiary alicyclic amines) is 1. The second kappa shape index (κ2) is 8.39. The highest BCUT2D eigenvalue weighted by Crippen LogP contribution is 2.17. The van der Waals surface area contributed by atoms with E-state index in [0.717, 1.165) is 0 Å². The number of nitrogens with zero attached hydrogens (tertiary/aromatic N) is 2. The number of nitrogens with one attached hydrogen (secondary N) is 2. The average Bonchev–Trinajstić information content (AvgIpc) is 3.01. The Kier molecular flexibility index (Phi) is 6.15. The summed E-state index contributed by atoms with van der Waals surface area (Å²) in [5.74, 6) is 0.134. The van der Waals surface area contributed by atoms with Crippen molar-refractivity contribution in [3.05, 3.63) is 41.0 Å². The van der Waals surface area contributed by atoms with Crippen LogP contribution in [0, 0.1) is 6.92 Å². The lowest BCUT2D eigenvalue weighted by molar-refractivity contribution is -0.117. The largest absolute Gasteiger partial charge is 0.338 e. The van der Waals surface area contributed by atoms with Crippen molar-refractivity contribution in [3.8, 4) is 0 Å². The van der Waals surface area contributed by atoms with Crippen molar-refractivity contribution in [1.82, 2.24) is 14.8 Å². The molecular formula is C17H21ClN4O4S. The molecule has 1 aliphatic heterocycles. The number of amides is 1. The highest BCUT2D eigenvalue weighted by atomic mass is 35.5. The first kappa shape index (κ1) is 19.8. The standard InChI is InChI=1S/C17H21ClN4O4S/c1-12-10-17(26-20-12)19-16(23)11-22-8-6-14(7-9-22)21-27(24,25)15-4-2-13(18)3-5-15/h2-5,10,14,21H,6-9,11H2,1H3,(H,19,23). The maximum absolute atomic E-state index is 12.4. The number of carbonyl (C=O) groups is 1. The molecule has 27 heavy (non-hydrogen) atoms. The van der Waals surface area contributed by atoms with Gasteiger partial charge in [0.25, 0.3) is 0 Å². The normalized spacial score (nSPS) is 16.4. The molecule has 1 aromatic carbocycles. The van der Waals surface area contributed by atoms with E-state index in [4.69, 9.17) is 16.1 Å². The second-order valence-corrected chi connectivity index (χ2v) is 8.66. The molecule has 1 saturated heterocycles. The SMILES string of the molecule is Cc1cc(NC(=O)CN2CCC(NS(=O)(=O)c3ccc(Cl)cc3)CC2)on1. The van der Waals surface area contributed by atoms with E-state index in [2.05, 4.69) is 15.2 Å². The van der Waals surface area contributed by atoms with Crippen LogP contribution >= 0.6 is 11.6 Å². The van der Waals surface area contributed by atoms with Crippen LogP contribution < -0.4 is 10.0 Å². The molecule has 1 aromatic heterocycles. The van der Waals surface area contributed by atoms with Crippen LogP contribution in [0.3, 0.4) is 0 Å². The van der Waals surface area contributed by atoms with Gasteiger partial charge in [-0.15, -0.1) is 0 Å². The van der Waals surface area contributed by atoms with Gasteiger partial charge in [0.05, 0.1) is 17.1 Å². The molecule has 2 N–H and O–H groups in total. The van der Waals surface area contributed by atoms with E-state index in [0.29, 0.717) is 42.5 Å². The fourth-order valence-corrected chi connectivity index (χ4v) is 4.34. The Hall–Kier alpha value is -1.94. The third-order valence-corrected chi connectivity index (χ3v) is 6.08. The van der Waals surface area contributed by atoms with Crippen molar-refractivity contribution >= 4 is 33.4 Å². The van der Waals surface area contributed by atoms with Crippen LogP contribution in [-0.4, -0.2) is 50.1 Å². The minimum atomic E-state index is -3.58. The second-order valence-electron chi connectivity index (χ2n) is 6.51. The Morgan fingerprint density at radius 1 is 1.30 bits per heavy atom. The summed E-state index contributed by atoms with van der Waals surface area (Å²) >= 11 is 5.80. The van der Waals surface area contributed by atoms with Gasteiger partial charge in [-0.2, -0.15) is 0 Å². The maximum Gasteiger partial charge on any atom is 0.240 e. The molecule has 2 heterocycles. The van der Waals surface area contributed by atoms with Crippen molar-refractivity contribution in [2.24, 2.45) is 0 Å². The Labute approximate surface area is 162 Å². The third-order valence-electron chi connectivity index (χ3n) is 4.29. The number of halogens is 1. The minimum Gasteiger partial charge on any atom is -0.338 e. The summed E-state index contributed by atoms with van der Waals surface area (Å²) in [5.41, 5.74) is 0.694. The van der Waals surface area contributed by atoms with E-state index in [-0.39, 0.29) is 23.4 Å². The van der Waals surface area contributed by atoms with Crippen LogP contribution in [-0.2, 0) is 14.8 Å². The zero-order valence-corrected chi connectivity index (χ0v) is 16.4. The van der Waals surface area contributed by atoms with Gasteiger partial charge in [0.1, 0.15) is 0 Å². The fraction of sp³-hybridized carbons (Fsp3) is 0.412. The van der Waals surface area contributed by atoms with E-state index in [1.165, 1.54) is 12.1 Å². The Bertz CT molecular complexity index is 890. The van der Waals surface area contributed by atoms with Crippen molar-refractivity contribution in [2.45, 2.75) is 30.7 Å². The predicted molar refractivity (Wildman–Crippen MR) is 101 cm³/mol. The molecule has 0 atom stereocenters. The lowest BCUT2D eigenvalue weighted by Gasteiger charge is -2.31. The zero-order chi connectivity index (χ0) is 19.4. The number of aromatic nitrogens is 1. The number of sulfonamides is 1. The summed E-state index contributed by atoms with van der Waals surface area (Å²) < 4.78 is 32.5. The molecule has 0 radical (unpaired) electrons. The smallest absolute Gasteiger partial charge is 0.240 e. The minimum absolute atomic E-state index is 0.165. The molecule has 1 amide bonds. The number of aryl methyl sites for hydroxylation is 1. The van der Waals surface area contributed by atoms with Crippen LogP contribution in [0.1, 0.15) is 18.5 Å². The van der Waals surface area contributed by atoms with Crippen molar-refractivity contribution in [2.75, 3.05) is 25.0 Å². The Morgan fingerprint density at radius 2 is 1.96 bits per heavy atom. The van der Waals surface area contributed by atoms with Gasteiger partial charge in [-0.25, -0.2) is 13.1 Å². The van der Waals surface area contributed by atoms with E-state index < -0.39 is 10.0 Å². The lowest BCUT2D eigenvalue weighted by Crippen LogP contribution is -2.46. The number of hydrogen-bond donors (Lipinski definition) is 2. The maximum atomic E-state index is 12.4. The molecule has 0 saturated carbocycles. The average molecular weight is 413 g/mol. The first-order valence-corrected chi connectivity index (χ1v) is 10.4. The van der Waals surface area contributed by atoms with Crippen molar-refractivity contribution in [1.29, 1.82) is 0 Å². The van der Waals surface area contributed by atoms with Gasteiger partial charge in [0.15, 0.2) is 0 Å². The number of benzene rings is 1. The number of carbonyl (C=O) groups excluding carboxylic acids is 1. The first-order valence-electron chi connectivity index (χ1n) is 8.55. The summed E-state index contributed by atoms with van der Waals surface area (Å²) in [4.78, 5) is 14.2. The van der Waals surface area contributed by atoms with Crippen LogP contribution in [0.15, 0.2) is 39.8 Å². The van der Waals surface area contributed by atoms with Gasteiger partial charge >= 0.3 is 0 Å². The van der Waals surface area contributed by atoms with Gasteiger partial charge in [-0.1, -0.05) is 16.8 Å². The summed E-state index contributed by atoms with van der Waals surface area (Å²) in [7, 11) is -3.58. The molecule has 8 nitrogen and oxygen atoms in total. The molecule has 146 valence electrons. The van der Waals surface area contributed by atoms with Crippen molar-refractivity contribution < 1.29 is 17.7 Å². The number of piperidine rings is 1. The van der Waals surface area contributed by atoms with E-state index in [9.17, 15) is 13.2 Å². The number of rotatable bonds is 6. The molecule has 0 unspecified atom stereocenters. The zero-order valence-electron chi connectivity index (χ0n) is 14.8. The Balaban J connectivity index is 1.47. The monoisotopic (exact) mass is 412 g/mol. The predicted octanol–water partition coefficient (Wildman–Crippen LogP) is 2.02. The molecule has 3 rings (SSSR count). The van der Waals surface area contributed by atoms with Crippen LogP contribution in [0.5, 0.6) is 0 Å². The van der Waals surface area contributed by atoms with Gasteiger partial charge in [0.2, 0.25) is 21.8 Å². The van der Waals surface area contributed by atoms with Gasteiger partial charge in [-0.05, 0) is 44.0 Å². The van der Waals surface area contributed by atoms with Crippen LogP contribution in [0.2, 0.25) is 5.02 Å². The number of hydrogen-bond acceptors (Lipinski definition) is 6. The molecule has 0 bridgehead atoms. The fourth-order valence-electron chi connectivity index (χ4n) is 2.91. The topological polar surface area (TPSA) is 105 Å². The highest BCUT2D eigenvalue weighted by molar-refractivity contribution is 7.89. The van der Waals surface area contributed by atoms with Crippen molar-refractivity contribution in [3.63, 3.8) is 0 Å². The van der Waals surface area contributed by atoms with E-state index >= 15 is 0 Å². The molecule has 2 aromatic rings. The molecule has 0 aliphatic carbocycles. The molecule has 0 spiro atoms. The molecule has 1 aliphatic rings.